The third-order valence-corrected chi connectivity index (χ3v) is 4.62. The molecule has 0 aromatic rings. The molecule has 0 spiro atoms. The molecule has 0 aromatic heterocycles. The van der Waals surface area contributed by atoms with E-state index in [1.54, 1.807) is 30.6 Å². The fourth-order valence-electron chi connectivity index (χ4n) is 3.24. The maximum atomic E-state index is 12.2. The van der Waals surface area contributed by atoms with E-state index in [1.165, 1.54) is 17.1 Å². The molecular formula is C18H25N3O6. The van der Waals surface area contributed by atoms with Gasteiger partial charge in [0, 0.05) is 50.7 Å². The van der Waals surface area contributed by atoms with Crippen molar-refractivity contribution < 1.29 is 28.7 Å². The number of carbonyl (C=O) groups is 4. The number of carbonyl (C=O) groups excluding carboxylic acids is 4. The molecule has 0 saturated carbocycles. The smallest absolute Gasteiger partial charge is 0.410 e. The highest BCUT2D eigenvalue weighted by atomic mass is 16.6. The van der Waals surface area contributed by atoms with Crippen LogP contribution < -0.4 is 0 Å². The normalized spacial score (nSPS) is 23.1. The summed E-state index contributed by atoms with van der Waals surface area (Å²) in [5, 5.41) is 0. The van der Waals surface area contributed by atoms with Crippen LogP contribution in [0.2, 0.25) is 0 Å². The highest BCUT2D eigenvalue weighted by Gasteiger charge is 2.38. The Morgan fingerprint density at radius 1 is 1.04 bits per heavy atom. The molecular weight excluding hydrogens is 354 g/mol. The summed E-state index contributed by atoms with van der Waals surface area (Å²) >= 11 is 0. The Morgan fingerprint density at radius 2 is 1.67 bits per heavy atom. The van der Waals surface area contributed by atoms with Crippen molar-refractivity contribution in [1.82, 2.24) is 14.7 Å². The molecule has 3 rings (SSSR count). The van der Waals surface area contributed by atoms with E-state index >= 15 is 0 Å². The van der Waals surface area contributed by atoms with Gasteiger partial charge in [0.2, 0.25) is 0 Å². The Bertz CT molecular complexity index is 659. The van der Waals surface area contributed by atoms with Crippen molar-refractivity contribution in [1.29, 1.82) is 0 Å². The number of hydrogen-bond donors (Lipinski definition) is 0. The lowest BCUT2D eigenvalue weighted by Crippen LogP contribution is -2.55. The van der Waals surface area contributed by atoms with Gasteiger partial charge < -0.3 is 19.3 Å². The number of imide groups is 1. The molecule has 4 amide bonds. The number of rotatable bonds is 3. The summed E-state index contributed by atoms with van der Waals surface area (Å²) < 4.78 is 10.8. The van der Waals surface area contributed by atoms with Gasteiger partial charge in [-0.2, -0.15) is 0 Å². The lowest BCUT2D eigenvalue weighted by Gasteiger charge is -2.40. The van der Waals surface area contributed by atoms with E-state index in [1.807, 2.05) is 0 Å². The van der Waals surface area contributed by atoms with Gasteiger partial charge in [-0.15, -0.1) is 0 Å². The van der Waals surface area contributed by atoms with Crippen molar-refractivity contribution in [3.8, 4) is 0 Å². The fraction of sp³-hybridized carbons (Fsp3) is 0.667. The summed E-state index contributed by atoms with van der Waals surface area (Å²) in [7, 11) is 0. The third kappa shape index (κ3) is 4.58. The molecule has 27 heavy (non-hydrogen) atoms. The van der Waals surface area contributed by atoms with Gasteiger partial charge in [0.05, 0.1) is 6.54 Å². The number of likely N-dealkylation sites (tertiary alicyclic amines) is 2. The summed E-state index contributed by atoms with van der Waals surface area (Å²) in [6, 6.07) is 0. The van der Waals surface area contributed by atoms with Crippen molar-refractivity contribution >= 4 is 24.0 Å². The zero-order valence-corrected chi connectivity index (χ0v) is 15.8. The van der Waals surface area contributed by atoms with Gasteiger partial charge in [0.25, 0.3) is 11.8 Å². The van der Waals surface area contributed by atoms with E-state index in [2.05, 4.69) is 0 Å². The van der Waals surface area contributed by atoms with Crippen LogP contribution >= 0.6 is 0 Å². The van der Waals surface area contributed by atoms with Gasteiger partial charge in [0.1, 0.15) is 11.7 Å². The fourth-order valence-corrected chi connectivity index (χ4v) is 3.24. The molecule has 9 heteroatoms. The molecule has 3 heterocycles. The molecule has 0 radical (unpaired) electrons. The second kappa shape index (κ2) is 7.21. The van der Waals surface area contributed by atoms with Crippen LogP contribution in [0.5, 0.6) is 0 Å². The van der Waals surface area contributed by atoms with E-state index in [4.69, 9.17) is 9.47 Å². The molecule has 3 aliphatic rings. The molecule has 0 aliphatic carbocycles. The Hall–Kier alpha value is -2.58. The average Bonchev–Trinajstić information content (AvgIpc) is 3.09. The molecule has 0 bridgehead atoms. The summed E-state index contributed by atoms with van der Waals surface area (Å²) in [5.74, 6) is -0.560. The Balaban J connectivity index is 1.38. The lowest BCUT2D eigenvalue weighted by molar-refractivity contribution is -0.138. The topological polar surface area (TPSA) is 96.5 Å². The van der Waals surface area contributed by atoms with E-state index in [9.17, 15) is 19.2 Å². The quantitative estimate of drug-likeness (QED) is 0.679. The first kappa shape index (κ1) is 19.2. The van der Waals surface area contributed by atoms with Crippen LogP contribution in [-0.2, 0) is 19.1 Å². The van der Waals surface area contributed by atoms with Crippen molar-refractivity contribution in [2.24, 2.45) is 5.92 Å². The third-order valence-electron chi connectivity index (χ3n) is 4.62. The molecule has 1 unspecified atom stereocenters. The largest absolute Gasteiger partial charge is 0.444 e. The van der Waals surface area contributed by atoms with E-state index in [0.29, 0.717) is 39.1 Å². The van der Waals surface area contributed by atoms with Crippen LogP contribution in [0.15, 0.2) is 12.2 Å². The Labute approximate surface area is 157 Å². The average molecular weight is 379 g/mol. The Morgan fingerprint density at radius 3 is 2.26 bits per heavy atom. The van der Waals surface area contributed by atoms with Crippen molar-refractivity contribution in [3.63, 3.8) is 0 Å². The van der Waals surface area contributed by atoms with E-state index in [0.717, 1.165) is 0 Å². The van der Waals surface area contributed by atoms with E-state index < -0.39 is 17.8 Å². The Kier molecular flexibility index (Phi) is 5.12. The second-order valence-corrected chi connectivity index (χ2v) is 8.11. The number of amides is 4. The summed E-state index contributed by atoms with van der Waals surface area (Å²) in [6.07, 6.45) is 1.89. The second-order valence-electron chi connectivity index (χ2n) is 8.11. The summed E-state index contributed by atoms with van der Waals surface area (Å²) in [4.78, 5) is 51.6. The van der Waals surface area contributed by atoms with Gasteiger partial charge in [-0.25, -0.2) is 9.59 Å². The van der Waals surface area contributed by atoms with Gasteiger partial charge >= 0.3 is 12.2 Å². The first-order valence-electron chi connectivity index (χ1n) is 9.09. The maximum absolute atomic E-state index is 12.2. The molecule has 2 fully saturated rings. The van der Waals surface area contributed by atoms with Gasteiger partial charge in [-0.05, 0) is 20.8 Å². The predicted molar refractivity (Wildman–Crippen MR) is 93.6 cm³/mol. The van der Waals surface area contributed by atoms with Crippen LogP contribution in [-0.4, -0.2) is 83.1 Å². The van der Waals surface area contributed by atoms with Crippen molar-refractivity contribution in [3.05, 3.63) is 12.2 Å². The van der Waals surface area contributed by atoms with Crippen LogP contribution in [0.3, 0.4) is 0 Å². The zero-order chi connectivity index (χ0) is 19.8. The molecule has 1 atom stereocenters. The highest BCUT2D eigenvalue weighted by Crippen LogP contribution is 2.22. The number of nitrogens with zero attached hydrogens (tertiary/aromatic N) is 3. The zero-order valence-electron chi connectivity index (χ0n) is 15.8. The maximum Gasteiger partial charge on any atom is 0.410 e. The molecule has 9 nitrogen and oxygen atoms in total. The minimum absolute atomic E-state index is 0.0622. The van der Waals surface area contributed by atoms with E-state index in [-0.39, 0.29) is 23.8 Å². The predicted octanol–water partition coefficient (Wildman–Crippen LogP) is 0.989. The summed E-state index contributed by atoms with van der Waals surface area (Å²) in [5.41, 5.74) is -0.563. The van der Waals surface area contributed by atoms with Gasteiger partial charge in [0.15, 0.2) is 0 Å². The molecule has 3 aliphatic heterocycles. The standard InChI is InChI=1S/C18H25N3O6/c1-18(2,3)27-17(25)19-7-6-13(11-19)26-16(24)20-8-12(9-20)10-21-14(22)4-5-15(21)23/h4-5,12-13H,6-11H2,1-3H3. The number of ether oxygens (including phenoxy) is 2. The van der Waals surface area contributed by atoms with Crippen molar-refractivity contribution in [2.45, 2.75) is 38.9 Å². The monoisotopic (exact) mass is 379 g/mol. The van der Waals surface area contributed by atoms with Crippen LogP contribution in [0.1, 0.15) is 27.2 Å². The minimum Gasteiger partial charge on any atom is -0.444 e. The van der Waals surface area contributed by atoms with Crippen LogP contribution in [0.4, 0.5) is 9.59 Å². The molecule has 148 valence electrons. The molecule has 0 N–H and O–H groups in total. The van der Waals surface area contributed by atoms with Gasteiger partial charge in [-0.1, -0.05) is 0 Å². The lowest BCUT2D eigenvalue weighted by atomic mass is 10.0. The first-order valence-corrected chi connectivity index (χ1v) is 9.09. The van der Waals surface area contributed by atoms with Crippen molar-refractivity contribution in [2.75, 3.05) is 32.7 Å². The van der Waals surface area contributed by atoms with Crippen LogP contribution in [0, 0.1) is 5.92 Å². The first-order chi connectivity index (χ1) is 12.6. The molecule has 0 aromatic carbocycles. The van der Waals surface area contributed by atoms with Crippen LogP contribution in [0.25, 0.3) is 0 Å². The minimum atomic E-state index is -0.563. The summed E-state index contributed by atoms with van der Waals surface area (Å²) in [6.45, 7) is 7.41. The number of hydrogen-bond acceptors (Lipinski definition) is 6. The van der Waals surface area contributed by atoms with Gasteiger partial charge in [-0.3, -0.25) is 14.5 Å². The SMILES string of the molecule is CC(C)(C)OC(=O)N1CCC(OC(=O)N2CC(CN3C(=O)C=CC3=O)C2)C1. The molecule has 2 saturated heterocycles. The highest BCUT2D eigenvalue weighted by molar-refractivity contribution is 6.12.